The summed E-state index contributed by atoms with van der Waals surface area (Å²) in [6, 6.07) is 12.7. The molecule has 1 unspecified atom stereocenters. The van der Waals surface area contributed by atoms with Crippen molar-refractivity contribution in [1.29, 1.82) is 0 Å². The Morgan fingerprint density at radius 1 is 0.765 bits per heavy atom. The van der Waals surface area contributed by atoms with Gasteiger partial charge in [0.1, 0.15) is 0 Å². The topological polar surface area (TPSA) is 0 Å². The van der Waals surface area contributed by atoms with Gasteiger partial charge in [-0.2, -0.15) is 0 Å². The predicted molar refractivity (Wildman–Crippen MR) is 131 cm³/mol. The number of halogens is 4. The van der Waals surface area contributed by atoms with Gasteiger partial charge in [0, 0.05) is 16.7 Å². The highest BCUT2D eigenvalue weighted by Gasteiger charge is 2.21. The third-order valence-corrected chi connectivity index (χ3v) is 6.77. The van der Waals surface area contributed by atoms with Gasteiger partial charge in [0.25, 0.3) is 0 Å². The first-order chi connectivity index (χ1) is 16.4. The van der Waals surface area contributed by atoms with E-state index in [4.69, 9.17) is 0 Å². The molecule has 1 atom stereocenters. The van der Waals surface area contributed by atoms with E-state index in [1.54, 1.807) is 60.7 Å². The molecule has 34 heavy (non-hydrogen) atoms. The van der Waals surface area contributed by atoms with E-state index in [2.05, 4.69) is 6.92 Å². The second-order valence-electron chi connectivity index (χ2n) is 8.82. The summed E-state index contributed by atoms with van der Waals surface area (Å²) < 4.78 is 59.1. The molecule has 3 aromatic carbocycles. The molecule has 0 bridgehead atoms. The zero-order chi connectivity index (χ0) is 24.2. The standard InChI is InChI=1S/C30H28F4/c1-3-5-6-23-15-16-24(28(32)27(23)31)21-11-13-22(14-12-21)26-18-17-25(29(33)30(26)34)20-9-7-19(4-2)8-10-20/h3,5,9,11-19H,4,6-8,10H2,1-2H3. The van der Waals surface area contributed by atoms with E-state index >= 15 is 4.39 Å². The maximum absolute atomic E-state index is 15.0. The molecule has 1 aliphatic carbocycles. The molecule has 0 aromatic heterocycles. The van der Waals surface area contributed by atoms with Crippen molar-refractivity contribution in [2.24, 2.45) is 5.92 Å². The normalized spacial score (nSPS) is 16.2. The molecule has 0 radical (unpaired) electrons. The van der Waals surface area contributed by atoms with Crippen molar-refractivity contribution in [2.75, 3.05) is 0 Å². The first-order valence-electron chi connectivity index (χ1n) is 11.8. The maximum Gasteiger partial charge on any atom is 0.167 e. The van der Waals surface area contributed by atoms with E-state index < -0.39 is 23.3 Å². The Kier molecular flexibility index (Phi) is 7.35. The van der Waals surface area contributed by atoms with Crippen LogP contribution in [0.5, 0.6) is 0 Å². The summed E-state index contributed by atoms with van der Waals surface area (Å²) in [4.78, 5) is 0. The molecule has 3 aromatic rings. The quantitative estimate of drug-likeness (QED) is 0.252. The number of benzene rings is 3. The highest BCUT2D eigenvalue weighted by molar-refractivity contribution is 5.74. The third kappa shape index (κ3) is 4.72. The van der Waals surface area contributed by atoms with Gasteiger partial charge >= 0.3 is 0 Å². The van der Waals surface area contributed by atoms with Gasteiger partial charge in [0.05, 0.1) is 0 Å². The Morgan fingerprint density at radius 2 is 1.32 bits per heavy atom. The molecular weight excluding hydrogens is 436 g/mol. The first-order valence-corrected chi connectivity index (χ1v) is 11.8. The van der Waals surface area contributed by atoms with Crippen LogP contribution in [0.3, 0.4) is 0 Å². The van der Waals surface area contributed by atoms with Gasteiger partial charge in [-0.3, -0.25) is 0 Å². The lowest BCUT2D eigenvalue weighted by Gasteiger charge is -2.21. The van der Waals surface area contributed by atoms with E-state index in [-0.39, 0.29) is 16.7 Å². The van der Waals surface area contributed by atoms with E-state index in [1.807, 2.05) is 13.0 Å². The van der Waals surface area contributed by atoms with Crippen LogP contribution < -0.4 is 0 Å². The zero-order valence-corrected chi connectivity index (χ0v) is 19.5. The van der Waals surface area contributed by atoms with Gasteiger partial charge in [-0.25, -0.2) is 17.6 Å². The molecule has 0 amide bonds. The van der Waals surface area contributed by atoms with E-state index in [0.717, 1.165) is 31.3 Å². The van der Waals surface area contributed by atoms with Crippen LogP contribution in [0.25, 0.3) is 27.8 Å². The molecule has 0 saturated heterocycles. The molecule has 0 aliphatic heterocycles. The van der Waals surface area contributed by atoms with Crippen LogP contribution >= 0.6 is 0 Å². The van der Waals surface area contributed by atoms with Crippen molar-refractivity contribution >= 4 is 5.57 Å². The van der Waals surface area contributed by atoms with Crippen LogP contribution in [-0.4, -0.2) is 0 Å². The van der Waals surface area contributed by atoms with Gasteiger partial charge in [-0.05, 0) is 60.8 Å². The number of rotatable bonds is 6. The minimum Gasteiger partial charge on any atom is -0.203 e. The summed E-state index contributed by atoms with van der Waals surface area (Å²) in [7, 11) is 0. The van der Waals surface area contributed by atoms with Crippen LogP contribution in [0.15, 0.2) is 66.8 Å². The second kappa shape index (κ2) is 10.4. The lowest BCUT2D eigenvalue weighted by atomic mass is 9.84. The highest BCUT2D eigenvalue weighted by atomic mass is 19.2. The Hall–Kier alpha value is -3.14. The van der Waals surface area contributed by atoms with Gasteiger partial charge in [-0.15, -0.1) is 0 Å². The predicted octanol–water partition coefficient (Wildman–Crippen LogP) is 9.29. The molecule has 0 heterocycles. The van der Waals surface area contributed by atoms with E-state index in [1.165, 1.54) is 0 Å². The Labute approximate surface area is 198 Å². The molecule has 0 spiro atoms. The third-order valence-electron chi connectivity index (χ3n) is 6.77. The maximum atomic E-state index is 15.0. The smallest absolute Gasteiger partial charge is 0.167 e. The molecule has 0 saturated carbocycles. The Bertz CT molecular complexity index is 1240. The fourth-order valence-electron chi connectivity index (χ4n) is 4.57. The van der Waals surface area contributed by atoms with Gasteiger partial charge in [0.15, 0.2) is 23.3 Å². The first kappa shape index (κ1) is 24.0. The van der Waals surface area contributed by atoms with Gasteiger partial charge in [-0.1, -0.05) is 80.1 Å². The number of hydrogen-bond acceptors (Lipinski definition) is 0. The van der Waals surface area contributed by atoms with Crippen LogP contribution in [0.2, 0.25) is 0 Å². The number of allylic oxidation sites excluding steroid dienone is 4. The van der Waals surface area contributed by atoms with Crippen molar-refractivity contribution in [3.05, 3.63) is 101 Å². The van der Waals surface area contributed by atoms with Crippen molar-refractivity contribution < 1.29 is 17.6 Å². The average Bonchev–Trinajstić information content (AvgIpc) is 2.87. The molecule has 0 fully saturated rings. The fraction of sp³-hybridized carbons (Fsp3) is 0.267. The summed E-state index contributed by atoms with van der Waals surface area (Å²) in [5.74, 6) is -2.91. The lowest BCUT2D eigenvalue weighted by Crippen LogP contribution is -2.06. The summed E-state index contributed by atoms with van der Waals surface area (Å²) in [5.41, 5.74) is 2.68. The molecule has 0 N–H and O–H groups in total. The Balaban J connectivity index is 1.61. The van der Waals surface area contributed by atoms with Gasteiger partial charge < -0.3 is 0 Å². The van der Waals surface area contributed by atoms with Crippen LogP contribution in [0.1, 0.15) is 50.7 Å². The minimum atomic E-state index is -0.914. The molecule has 1 aliphatic rings. The molecule has 176 valence electrons. The monoisotopic (exact) mass is 464 g/mol. The van der Waals surface area contributed by atoms with Crippen LogP contribution in [0, 0.1) is 29.2 Å². The average molecular weight is 465 g/mol. The van der Waals surface area contributed by atoms with Crippen molar-refractivity contribution in [3.8, 4) is 22.3 Å². The zero-order valence-electron chi connectivity index (χ0n) is 19.5. The lowest BCUT2D eigenvalue weighted by molar-refractivity contribution is 0.467. The highest BCUT2D eigenvalue weighted by Crippen LogP contribution is 2.36. The minimum absolute atomic E-state index is 0.130. The second-order valence-corrected chi connectivity index (χ2v) is 8.82. The summed E-state index contributed by atoms with van der Waals surface area (Å²) in [6.45, 7) is 3.97. The molecule has 4 heteroatoms. The SMILES string of the molecule is CC=CCc1ccc(-c2ccc(-c3ccc(C4=CCC(CC)CC4)c(F)c3F)cc2)c(F)c1F. The molecular formula is C30H28F4. The van der Waals surface area contributed by atoms with E-state index in [0.29, 0.717) is 29.0 Å². The largest absolute Gasteiger partial charge is 0.203 e. The van der Waals surface area contributed by atoms with Crippen LogP contribution in [-0.2, 0) is 6.42 Å². The van der Waals surface area contributed by atoms with Crippen molar-refractivity contribution in [2.45, 2.75) is 46.0 Å². The molecule has 4 rings (SSSR count). The van der Waals surface area contributed by atoms with E-state index in [9.17, 15) is 13.2 Å². The summed E-state index contributed by atoms with van der Waals surface area (Å²) >= 11 is 0. The van der Waals surface area contributed by atoms with Crippen LogP contribution in [0.4, 0.5) is 17.6 Å². The molecule has 0 nitrogen and oxygen atoms in total. The summed E-state index contributed by atoms with van der Waals surface area (Å²) in [6.07, 6.45) is 9.61. The van der Waals surface area contributed by atoms with Crippen molar-refractivity contribution in [3.63, 3.8) is 0 Å². The number of hydrogen-bond donors (Lipinski definition) is 0. The summed E-state index contributed by atoms with van der Waals surface area (Å²) in [5, 5.41) is 0. The van der Waals surface area contributed by atoms with Gasteiger partial charge in [0.2, 0.25) is 0 Å². The Morgan fingerprint density at radius 3 is 1.88 bits per heavy atom. The fourth-order valence-corrected chi connectivity index (χ4v) is 4.57. The van der Waals surface area contributed by atoms with Crippen molar-refractivity contribution in [1.82, 2.24) is 0 Å².